The van der Waals surface area contributed by atoms with Gasteiger partial charge in [0.15, 0.2) is 0 Å². The van der Waals surface area contributed by atoms with Crippen LogP contribution in [0, 0.1) is 0 Å². The van der Waals surface area contributed by atoms with Crippen molar-refractivity contribution in [1.82, 2.24) is 5.32 Å². The Bertz CT molecular complexity index is 756. The highest BCUT2D eigenvalue weighted by atomic mass is 35.5. The Kier molecular flexibility index (Phi) is 5.69. The van der Waals surface area contributed by atoms with Gasteiger partial charge >= 0.3 is 6.03 Å². The number of carbonyl (C=O) groups is 1. The Hall–Kier alpha value is -2.24. The van der Waals surface area contributed by atoms with Crippen LogP contribution in [0.25, 0.3) is 0 Å². The number of rotatable bonds is 4. The summed E-state index contributed by atoms with van der Waals surface area (Å²) in [6.45, 7) is 6.95. The lowest BCUT2D eigenvalue weighted by Crippen LogP contribution is -2.43. The van der Waals surface area contributed by atoms with Gasteiger partial charge < -0.3 is 20.3 Å². The molecule has 2 amide bonds. The molecule has 1 aliphatic heterocycles. The van der Waals surface area contributed by atoms with Gasteiger partial charge in [0, 0.05) is 18.1 Å². The van der Waals surface area contributed by atoms with Gasteiger partial charge in [-0.25, -0.2) is 4.79 Å². The summed E-state index contributed by atoms with van der Waals surface area (Å²) in [6, 6.07) is 15.1. The van der Waals surface area contributed by atoms with Gasteiger partial charge in [-0.1, -0.05) is 35.9 Å². The summed E-state index contributed by atoms with van der Waals surface area (Å²) in [4.78, 5) is 14.8. The topological polar surface area (TPSA) is 53.6 Å². The van der Waals surface area contributed by atoms with E-state index in [0.717, 1.165) is 30.0 Å². The number of ether oxygens (including phenoxy) is 1. The van der Waals surface area contributed by atoms with Crippen molar-refractivity contribution in [3.63, 3.8) is 0 Å². The first-order valence-corrected chi connectivity index (χ1v) is 9.10. The molecule has 0 radical (unpaired) electrons. The summed E-state index contributed by atoms with van der Waals surface area (Å²) in [5.74, 6) is 0. The Morgan fingerprint density at radius 3 is 2.42 bits per heavy atom. The first-order chi connectivity index (χ1) is 12.5. The van der Waals surface area contributed by atoms with Gasteiger partial charge in [-0.2, -0.15) is 0 Å². The average Bonchev–Trinajstić information content (AvgIpc) is 2.63. The predicted octanol–water partition coefficient (Wildman–Crippen LogP) is 4.23. The Morgan fingerprint density at radius 2 is 1.73 bits per heavy atom. The van der Waals surface area contributed by atoms with Gasteiger partial charge in [-0.3, -0.25) is 0 Å². The number of hydrogen-bond donors (Lipinski definition) is 2. The lowest BCUT2D eigenvalue weighted by molar-refractivity contribution is 0.123. The first-order valence-electron chi connectivity index (χ1n) is 8.73. The lowest BCUT2D eigenvalue weighted by atomic mass is 9.94. The second kappa shape index (κ2) is 7.98. The van der Waals surface area contributed by atoms with Crippen molar-refractivity contribution in [2.75, 3.05) is 36.5 Å². The van der Waals surface area contributed by atoms with E-state index in [2.05, 4.69) is 15.5 Å². The third-order valence-electron chi connectivity index (χ3n) is 4.50. The minimum absolute atomic E-state index is 0.245. The van der Waals surface area contributed by atoms with E-state index in [9.17, 15) is 4.79 Å². The molecule has 2 aromatic rings. The van der Waals surface area contributed by atoms with Gasteiger partial charge in [-0.05, 0) is 43.7 Å². The van der Waals surface area contributed by atoms with Gasteiger partial charge in [0.05, 0.1) is 30.1 Å². The van der Waals surface area contributed by atoms with Gasteiger partial charge in [0.2, 0.25) is 0 Å². The fourth-order valence-electron chi connectivity index (χ4n) is 3.04. The third-order valence-corrected chi connectivity index (χ3v) is 4.75. The van der Waals surface area contributed by atoms with Crippen molar-refractivity contribution >= 4 is 29.0 Å². The molecule has 0 aromatic heterocycles. The molecule has 0 spiro atoms. The quantitative estimate of drug-likeness (QED) is 0.843. The number of morpholine rings is 1. The number of amides is 2. The second-order valence-corrected chi connectivity index (χ2v) is 7.26. The standard InChI is InChI=1S/C20H24ClN3O2/c1-20(2,15-7-9-16(21)10-8-15)23-19(25)22-17-5-3-4-6-18(17)24-11-13-26-14-12-24/h3-10H,11-14H2,1-2H3,(H2,22,23,25). The van der Waals surface area contributed by atoms with Crippen molar-refractivity contribution in [1.29, 1.82) is 0 Å². The van der Waals surface area contributed by atoms with Crippen LogP contribution in [0.4, 0.5) is 16.2 Å². The summed E-state index contributed by atoms with van der Waals surface area (Å²) in [7, 11) is 0. The van der Waals surface area contributed by atoms with E-state index < -0.39 is 5.54 Å². The highest BCUT2D eigenvalue weighted by Gasteiger charge is 2.23. The molecule has 0 aliphatic carbocycles. The fraction of sp³-hybridized carbons (Fsp3) is 0.350. The molecular weight excluding hydrogens is 350 g/mol. The van der Waals surface area contributed by atoms with Crippen LogP contribution < -0.4 is 15.5 Å². The molecule has 1 fully saturated rings. The summed E-state index contributed by atoms with van der Waals surface area (Å²) in [6.07, 6.45) is 0. The molecule has 0 unspecified atom stereocenters. The molecule has 5 nitrogen and oxygen atoms in total. The van der Waals surface area contributed by atoms with Crippen LogP contribution in [-0.2, 0) is 10.3 Å². The Morgan fingerprint density at radius 1 is 1.08 bits per heavy atom. The number of hydrogen-bond acceptors (Lipinski definition) is 3. The zero-order chi connectivity index (χ0) is 18.6. The number of halogens is 1. The van der Waals surface area contributed by atoms with Crippen molar-refractivity contribution in [3.8, 4) is 0 Å². The molecule has 138 valence electrons. The van der Waals surface area contributed by atoms with E-state index in [1.807, 2.05) is 62.4 Å². The van der Waals surface area contributed by atoms with Crippen LogP contribution >= 0.6 is 11.6 Å². The van der Waals surface area contributed by atoms with Crippen LogP contribution in [0.3, 0.4) is 0 Å². The molecule has 0 atom stereocenters. The summed E-state index contributed by atoms with van der Waals surface area (Å²) in [5, 5.41) is 6.70. The van der Waals surface area contributed by atoms with Crippen molar-refractivity contribution in [2.24, 2.45) is 0 Å². The Labute approximate surface area is 159 Å². The number of benzene rings is 2. The molecule has 2 N–H and O–H groups in total. The number of nitrogens with one attached hydrogen (secondary N) is 2. The van der Waals surface area contributed by atoms with E-state index in [-0.39, 0.29) is 6.03 Å². The van der Waals surface area contributed by atoms with E-state index in [4.69, 9.17) is 16.3 Å². The zero-order valence-corrected chi connectivity index (χ0v) is 15.8. The SMILES string of the molecule is CC(C)(NC(=O)Nc1ccccc1N1CCOCC1)c1ccc(Cl)cc1. The maximum Gasteiger partial charge on any atom is 0.319 e. The average molecular weight is 374 g/mol. The van der Waals surface area contributed by atoms with Crippen LogP contribution in [0.2, 0.25) is 5.02 Å². The van der Waals surface area contributed by atoms with E-state index in [1.165, 1.54) is 0 Å². The lowest BCUT2D eigenvalue weighted by Gasteiger charge is -2.31. The van der Waals surface area contributed by atoms with Crippen LogP contribution in [0.1, 0.15) is 19.4 Å². The minimum Gasteiger partial charge on any atom is -0.378 e. The Balaban J connectivity index is 1.71. The minimum atomic E-state index is -0.525. The highest BCUT2D eigenvalue weighted by Crippen LogP contribution is 2.27. The van der Waals surface area contributed by atoms with E-state index in [1.54, 1.807) is 0 Å². The van der Waals surface area contributed by atoms with E-state index in [0.29, 0.717) is 18.2 Å². The van der Waals surface area contributed by atoms with Crippen molar-refractivity contribution < 1.29 is 9.53 Å². The largest absolute Gasteiger partial charge is 0.378 e. The molecular formula is C20H24ClN3O2. The smallest absolute Gasteiger partial charge is 0.319 e. The van der Waals surface area contributed by atoms with Crippen molar-refractivity contribution in [2.45, 2.75) is 19.4 Å². The molecule has 26 heavy (non-hydrogen) atoms. The van der Waals surface area contributed by atoms with E-state index >= 15 is 0 Å². The van der Waals surface area contributed by atoms with Crippen LogP contribution in [-0.4, -0.2) is 32.3 Å². The predicted molar refractivity (Wildman–Crippen MR) is 106 cm³/mol. The maximum atomic E-state index is 12.6. The number of carbonyl (C=O) groups excluding carboxylic acids is 1. The maximum absolute atomic E-state index is 12.6. The monoisotopic (exact) mass is 373 g/mol. The zero-order valence-electron chi connectivity index (χ0n) is 15.1. The summed E-state index contributed by atoms with van der Waals surface area (Å²) >= 11 is 5.95. The second-order valence-electron chi connectivity index (χ2n) is 6.83. The molecule has 3 rings (SSSR count). The van der Waals surface area contributed by atoms with Gasteiger partial charge in [0.1, 0.15) is 0 Å². The molecule has 6 heteroatoms. The number of nitrogens with zero attached hydrogens (tertiary/aromatic N) is 1. The summed E-state index contributed by atoms with van der Waals surface area (Å²) < 4.78 is 5.41. The van der Waals surface area contributed by atoms with Gasteiger partial charge in [0.25, 0.3) is 0 Å². The number of anilines is 2. The van der Waals surface area contributed by atoms with Crippen molar-refractivity contribution in [3.05, 3.63) is 59.1 Å². The molecule has 1 saturated heterocycles. The highest BCUT2D eigenvalue weighted by molar-refractivity contribution is 6.30. The number of urea groups is 1. The normalized spacial score (nSPS) is 14.8. The third kappa shape index (κ3) is 4.48. The van der Waals surface area contributed by atoms with Crippen LogP contribution in [0.15, 0.2) is 48.5 Å². The van der Waals surface area contributed by atoms with Gasteiger partial charge in [-0.15, -0.1) is 0 Å². The number of para-hydroxylation sites is 2. The first kappa shape index (κ1) is 18.5. The molecule has 2 aromatic carbocycles. The molecule has 1 heterocycles. The van der Waals surface area contributed by atoms with Crippen LogP contribution in [0.5, 0.6) is 0 Å². The fourth-order valence-corrected chi connectivity index (χ4v) is 3.16. The molecule has 1 aliphatic rings. The molecule has 0 bridgehead atoms. The summed E-state index contributed by atoms with van der Waals surface area (Å²) in [5.41, 5.74) is 2.26. The molecule has 0 saturated carbocycles.